The number of nitrogens with one attached hydrogen (secondary N) is 1. The first kappa shape index (κ1) is 19.4. The van der Waals surface area contributed by atoms with Crippen molar-refractivity contribution in [1.82, 2.24) is 10.2 Å². The second kappa shape index (κ2) is 8.57. The number of aryl methyl sites for hydroxylation is 2. The SMILES string of the molecule is Cc1ccc(C(=O)NC2CCN(C(=O)Cc3ccc(Cl)cc3)CC2)cc1C. The van der Waals surface area contributed by atoms with Gasteiger partial charge >= 0.3 is 0 Å². The van der Waals surface area contributed by atoms with Crippen LogP contribution in [0.4, 0.5) is 0 Å². The summed E-state index contributed by atoms with van der Waals surface area (Å²) in [6.07, 6.45) is 1.95. The largest absolute Gasteiger partial charge is 0.349 e. The van der Waals surface area contributed by atoms with E-state index >= 15 is 0 Å². The average molecular weight is 385 g/mol. The molecular weight excluding hydrogens is 360 g/mol. The van der Waals surface area contributed by atoms with Crippen LogP contribution in [0.1, 0.15) is 39.9 Å². The van der Waals surface area contributed by atoms with Crippen LogP contribution >= 0.6 is 11.6 Å². The lowest BCUT2D eigenvalue weighted by molar-refractivity contribution is -0.131. The molecule has 5 heteroatoms. The van der Waals surface area contributed by atoms with Crippen LogP contribution in [-0.4, -0.2) is 35.8 Å². The number of benzene rings is 2. The Balaban J connectivity index is 1.49. The Morgan fingerprint density at radius 3 is 2.33 bits per heavy atom. The molecule has 0 aliphatic carbocycles. The lowest BCUT2D eigenvalue weighted by atomic mass is 10.0. The van der Waals surface area contributed by atoms with E-state index in [9.17, 15) is 9.59 Å². The summed E-state index contributed by atoms with van der Waals surface area (Å²) >= 11 is 5.89. The van der Waals surface area contributed by atoms with Crippen LogP contribution < -0.4 is 5.32 Å². The number of carbonyl (C=O) groups excluding carboxylic acids is 2. The highest BCUT2D eigenvalue weighted by Gasteiger charge is 2.24. The minimum atomic E-state index is -0.0379. The van der Waals surface area contributed by atoms with Gasteiger partial charge in [-0.15, -0.1) is 0 Å². The molecule has 1 aliphatic rings. The predicted molar refractivity (Wildman–Crippen MR) is 108 cm³/mol. The van der Waals surface area contributed by atoms with E-state index in [0.29, 0.717) is 30.1 Å². The van der Waals surface area contributed by atoms with Crippen molar-refractivity contribution in [2.75, 3.05) is 13.1 Å². The molecule has 142 valence electrons. The predicted octanol–water partition coefficient (Wildman–Crippen LogP) is 3.92. The Kier molecular flexibility index (Phi) is 6.17. The number of piperidine rings is 1. The van der Waals surface area contributed by atoms with Gasteiger partial charge in [0.2, 0.25) is 5.91 Å². The maximum atomic E-state index is 12.5. The maximum Gasteiger partial charge on any atom is 0.251 e. The third-order valence-corrected chi connectivity index (χ3v) is 5.47. The van der Waals surface area contributed by atoms with E-state index in [-0.39, 0.29) is 17.9 Å². The van der Waals surface area contributed by atoms with Gasteiger partial charge in [0.1, 0.15) is 0 Å². The first-order chi connectivity index (χ1) is 12.9. The molecule has 1 saturated heterocycles. The van der Waals surface area contributed by atoms with Crippen molar-refractivity contribution in [2.24, 2.45) is 0 Å². The van der Waals surface area contributed by atoms with Gasteiger partial charge in [0.05, 0.1) is 6.42 Å². The quantitative estimate of drug-likeness (QED) is 0.868. The Morgan fingerprint density at radius 2 is 1.70 bits per heavy atom. The molecule has 3 rings (SSSR count). The number of halogens is 1. The normalized spacial score (nSPS) is 14.9. The number of hydrogen-bond acceptors (Lipinski definition) is 2. The summed E-state index contributed by atoms with van der Waals surface area (Å²) in [5.74, 6) is 0.0836. The van der Waals surface area contributed by atoms with Gasteiger partial charge in [0, 0.05) is 29.7 Å². The van der Waals surface area contributed by atoms with Crippen LogP contribution in [0.25, 0.3) is 0 Å². The molecule has 1 aliphatic heterocycles. The standard InChI is InChI=1S/C22H25ClN2O2/c1-15-3-6-18(13-16(15)2)22(27)24-20-9-11-25(12-10-20)21(26)14-17-4-7-19(23)8-5-17/h3-8,13,20H,9-12,14H2,1-2H3,(H,24,27). The summed E-state index contributed by atoms with van der Waals surface area (Å²) in [6.45, 7) is 5.39. The third kappa shape index (κ3) is 5.10. The molecular formula is C22H25ClN2O2. The van der Waals surface area contributed by atoms with Gasteiger partial charge in [-0.3, -0.25) is 9.59 Å². The monoisotopic (exact) mass is 384 g/mol. The molecule has 2 amide bonds. The fraction of sp³-hybridized carbons (Fsp3) is 0.364. The van der Waals surface area contributed by atoms with Crippen LogP contribution in [-0.2, 0) is 11.2 Å². The fourth-order valence-electron chi connectivity index (χ4n) is 3.31. The van der Waals surface area contributed by atoms with E-state index in [1.165, 1.54) is 5.56 Å². The van der Waals surface area contributed by atoms with Crippen LogP contribution in [0.15, 0.2) is 42.5 Å². The number of hydrogen-bond donors (Lipinski definition) is 1. The zero-order valence-electron chi connectivity index (χ0n) is 15.8. The summed E-state index contributed by atoms with van der Waals surface area (Å²) in [7, 11) is 0. The van der Waals surface area contributed by atoms with Crippen molar-refractivity contribution in [2.45, 2.75) is 39.2 Å². The molecule has 0 unspecified atom stereocenters. The topological polar surface area (TPSA) is 49.4 Å². The molecule has 2 aromatic rings. The molecule has 0 saturated carbocycles. The average Bonchev–Trinajstić information content (AvgIpc) is 2.66. The van der Waals surface area contributed by atoms with Crippen LogP contribution in [0, 0.1) is 13.8 Å². The van der Waals surface area contributed by atoms with E-state index in [1.54, 1.807) is 12.1 Å². The zero-order valence-corrected chi connectivity index (χ0v) is 16.6. The van der Waals surface area contributed by atoms with Gasteiger partial charge in [-0.1, -0.05) is 29.8 Å². The van der Waals surface area contributed by atoms with Gasteiger partial charge in [-0.2, -0.15) is 0 Å². The maximum absolute atomic E-state index is 12.5. The number of likely N-dealkylation sites (tertiary alicyclic amines) is 1. The van der Waals surface area contributed by atoms with E-state index in [2.05, 4.69) is 5.32 Å². The summed E-state index contributed by atoms with van der Waals surface area (Å²) in [4.78, 5) is 26.8. The van der Waals surface area contributed by atoms with Crippen molar-refractivity contribution < 1.29 is 9.59 Å². The number of nitrogens with zero attached hydrogens (tertiary/aromatic N) is 1. The fourth-order valence-corrected chi connectivity index (χ4v) is 3.44. The number of carbonyl (C=O) groups is 2. The van der Waals surface area contributed by atoms with E-state index in [4.69, 9.17) is 11.6 Å². The second-order valence-electron chi connectivity index (χ2n) is 7.23. The van der Waals surface area contributed by atoms with Gasteiger partial charge < -0.3 is 10.2 Å². The lowest BCUT2D eigenvalue weighted by Crippen LogP contribution is -2.47. The summed E-state index contributed by atoms with van der Waals surface area (Å²) in [5.41, 5.74) is 3.96. The Morgan fingerprint density at radius 1 is 1.04 bits per heavy atom. The van der Waals surface area contributed by atoms with Crippen molar-refractivity contribution in [3.8, 4) is 0 Å². The molecule has 0 atom stereocenters. The highest BCUT2D eigenvalue weighted by molar-refractivity contribution is 6.30. The minimum Gasteiger partial charge on any atom is -0.349 e. The van der Waals surface area contributed by atoms with Crippen molar-refractivity contribution >= 4 is 23.4 Å². The van der Waals surface area contributed by atoms with E-state index in [0.717, 1.165) is 24.0 Å². The molecule has 2 aromatic carbocycles. The smallest absolute Gasteiger partial charge is 0.251 e. The molecule has 1 heterocycles. The van der Waals surface area contributed by atoms with Gasteiger partial charge in [-0.05, 0) is 67.6 Å². The summed E-state index contributed by atoms with van der Waals surface area (Å²) in [5, 5.41) is 3.78. The van der Waals surface area contributed by atoms with Gasteiger partial charge in [0.25, 0.3) is 5.91 Å². The van der Waals surface area contributed by atoms with Gasteiger partial charge in [-0.25, -0.2) is 0 Å². The molecule has 0 bridgehead atoms. The van der Waals surface area contributed by atoms with Gasteiger partial charge in [0.15, 0.2) is 0 Å². The third-order valence-electron chi connectivity index (χ3n) is 5.22. The minimum absolute atomic E-state index is 0.0379. The van der Waals surface area contributed by atoms with E-state index in [1.807, 2.05) is 49.1 Å². The van der Waals surface area contributed by atoms with Crippen LogP contribution in [0.5, 0.6) is 0 Å². The number of amides is 2. The first-order valence-corrected chi connectivity index (χ1v) is 9.70. The van der Waals surface area contributed by atoms with Crippen molar-refractivity contribution in [3.05, 3.63) is 69.7 Å². The Hall–Kier alpha value is -2.33. The molecule has 0 spiro atoms. The molecule has 1 N–H and O–H groups in total. The van der Waals surface area contributed by atoms with Crippen LogP contribution in [0.3, 0.4) is 0 Å². The molecule has 4 nitrogen and oxygen atoms in total. The van der Waals surface area contributed by atoms with Crippen molar-refractivity contribution in [3.63, 3.8) is 0 Å². The van der Waals surface area contributed by atoms with Crippen LogP contribution in [0.2, 0.25) is 5.02 Å². The second-order valence-corrected chi connectivity index (χ2v) is 7.67. The molecule has 0 aromatic heterocycles. The Bertz CT molecular complexity index is 825. The van der Waals surface area contributed by atoms with Crippen molar-refractivity contribution in [1.29, 1.82) is 0 Å². The van der Waals surface area contributed by atoms with E-state index < -0.39 is 0 Å². The molecule has 27 heavy (non-hydrogen) atoms. The lowest BCUT2D eigenvalue weighted by Gasteiger charge is -2.32. The highest BCUT2D eigenvalue weighted by Crippen LogP contribution is 2.16. The zero-order chi connectivity index (χ0) is 19.4. The summed E-state index contributed by atoms with van der Waals surface area (Å²) < 4.78 is 0. The molecule has 1 fully saturated rings. The summed E-state index contributed by atoms with van der Waals surface area (Å²) in [6, 6.07) is 13.3. The molecule has 0 radical (unpaired) electrons. The highest BCUT2D eigenvalue weighted by atomic mass is 35.5. The Labute approximate surface area is 165 Å². The first-order valence-electron chi connectivity index (χ1n) is 9.32. The number of rotatable bonds is 4.